The van der Waals surface area contributed by atoms with E-state index in [1.54, 1.807) is 29.2 Å². The Bertz CT molecular complexity index is 632. The zero-order chi connectivity index (χ0) is 18.8. The third kappa shape index (κ3) is 5.11. The van der Waals surface area contributed by atoms with Crippen molar-refractivity contribution in [2.45, 2.75) is 64.6 Å². The van der Waals surface area contributed by atoms with E-state index in [9.17, 15) is 9.59 Å². The predicted molar refractivity (Wildman–Crippen MR) is 97.1 cm³/mol. The van der Waals surface area contributed by atoms with Crippen LogP contribution < -0.4 is 5.32 Å². The number of ether oxygens (including phenoxy) is 1. The van der Waals surface area contributed by atoms with E-state index in [1.807, 2.05) is 34.6 Å². The molecule has 2 rings (SSSR count). The maximum Gasteiger partial charge on any atom is 0.410 e. The van der Waals surface area contributed by atoms with E-state index in [0.29, 0.717) is 6.54 Å². The van der Waals surface area contributed by atoms with Crippen LogP contribution in [0.2, 0.25) is 0 Å². The molecule has 0 aliphatic carbocycles. The summed E-state index contributed by atoms with van der Waals surface area (Å²) in [6.45, 7) is 10.3. The molecule has 1 unspecified atom stereocenters. The maximum absolute atomic E-state index is 12.4. The standard InChI is InChI=1S/C19H28N2O4/c1-18(2,3)25-17(24)21-11-10-15(12-19(21,4)5)20-14-8-6-13(7-9-14)16(22)23/h6-9,15,20H,10-12H2,1-5H3,(H,22,23). The Morgan fingerprint density at radius 3 is 2.32 bits per heavy atom. The van der Waals surface area contributed by atoms with Crippen LogP contribution in [-0.2, 0) is 4.74 Å². The number of hydrogen-bond acceptors (Lipinski definition) is 4. The number of piperidine rings is 1. The highest BCUT2D eigenvalue weighted by Crippen LogP contribution is 2.31. The first kappa shape index (κ1) is 19.1. The van der Waals surface area contributed by atoms with E-state index >= 15 is 0 Å². The molecule has 6 heteroatoms. The number of carboxylic acid groups (broad SMARTS) is 1. The quantitative estimate of drug-likeness (QED) is 0.864. The van der Waals surface area contributed by atoms with Crippen LogP contribution in [0.3, 0.4) is 0 Å². The number of carbonyl (C=O) groups excluding carboxylic acids is 1. The van der Waals surface area contributed by atoms with Crippen molar-refractivity contribution < 1.29 is 19.4 Å². The largest absolute Gasteiger partial charge is 0.478 e. The molecule has 1 aromatic carbocycles. The molecule has 25 heavy (non-hydrogen) atoms. The highest BCUT2D eigenvalue weighted by molar-refractivity contribution is 5.88. The van der Waals surface area contributed by atoms with E-state index in [1.165, 1.54) is 0 Å². The van der Waals surface area contributed by atoms with Gasteiger partial charge in [0.05, 0.1) is 5.56 Å². The smallest absolute Gasteiger partial charge is 0.410 e. The molecule has 1 aliphatic rings. The minimum absolute atomic E-state index is 0.212. The molecular formula is C19H28N2O4. The Labute approximate surface area is 149 Å². The van der Waals surface area contributed by atoms with Crippen LogP contribution in [0.1, 0.15) is 57.8 Å². The van der Waals surface area contributed by atoms with Crippen molar-refractivity contribution in [3.8, 4) is 0 Å². The van der Waals surface area contributed by atoms with E-state index in [4.69, 9.17) is 9.84 Å². The normalized spacial score (nSPS) is 20.0. The Morgan fingerprint density at radius 2 is 1.84 bits per heavy atom. The minimum Gasteiger partial charge on any atom is -0.478 e. The molecule has 1 atom stereocenters. The summed E-state index contributed by atoms with van der Waals surface area (Å²) in [5.41, 5.74) is 0.329. The molecular weight excluding hydrogens is 320 g/mol. The lowest BCUT2D eigenvalue weighted by Gasteiger charge is -2.45. The number of likely N-dealkylation sites (tertiary alicyclic amines) is 1. The average molecular weight is 348 g/mol. The second-order valence-corrected chi connectivity index (χ2v) is 8.16. The number of rotatable bonds is 3. The summed E-state index contributed by atoms with van der Waals surface area (Å²) < 4.78 is 5.51. The fourth-order valence-electron chi connectivity index (χ4n) is 3.13. The molecule has 0 aromatic heterocycles. The zero-order valence-corrected chi connectivity index (χ0v) is 15.6. The van der Waals surface area contributed by atoms with E-state index in [-0.39, 0.29) is 23.2 Å². The zero-order valence-electron chi connectivity index (χ0n) is 15.6. The van der Waals surface area contributed by atoms with E-state index < -0.39 is 11.6 Å². The number of amides is 1. The molecule has 0 spiro atoms. The monoisotopic (exact) mass is 348 g/mol. The van der Waals surface area contributed by atoms with Gasteiger partial charge in [-0.2, -0.15) is 0 Å². The first-order chi connectivity index (χ1) is 11.5. The number of nitrogens with zero attached hydrogens (tertiary/aromatic N) is 1. The lowest BCUT2D eigenvalue weighted by Crippen LogP contribution is -2.56. The second-order valence-electron chi connectivity index (χ2n) is 8.16. The van der Waals surface area contributed by atoms with Crippen molar-refractivity contribution in [3.63, 3.8) is 0 Å². The van der Waals surface area contributed by atoms with Gasteiger partial charge < -0.3 is 20.1 Å². The van der Waals surface area contributed by atoms with Crippen molar-refractivity contribution in [3.05, 3.63) is 29.8 Å². The van der Waals surface area contributed by atoms with Gasteiger partial charge >= 0.3 is 12.1 Å². The molecule has 0 radical (unpaired) electrons. The summed E-state index contributed by atoms with van der Waals surface area (Å²) in [5.74, 6) is -0.932. The summed E-state index contributed by atoms with van der Waals surface area (Å²) in [4.78, 5) is 25.1. The van der Waals surface area contributed by atoms with E-state index in [2.05, 4.69) is 5.32 Å². The van der Waals surface area contributed by atoms with Gasteiger partial charge in [0.2, 0.25) is 0 Å². The highest BCUT2D eigenvalue weighted by atomic mass is 16.6. The van der Waals surface area contributed by atoms with Gasteiger partial charge in [-0.25, -0.2) is 9.59 Å². The Morgan fingerprint density at radius 1 is 1.24 bits per heavy atom. The first-order valence-electron chi connectivity index (χ1n) is 8.58. The van der Waals surface area contributed by atoms with Crippen LogP contribution in [0, 0.1) is 0 Å². The summed E-state index contributed by atoms with van der Waals surface area (Å²) in [5, 5.41) is 12.4. The maximum atomic E-state index is 12.4. The van der Waals surface area contributed by atoms with Crippen molar-refractivity contribution in [2.24, 2.45) is 0 Å². The predicted octanol–water partition coefficient (Wildman–Crippen LogP) is 3.97. The Hall–Kier alpha value is -2.24. The number of carboxylic acids is 1. The van der Waals surface area contributed by atoms with E-state index in [0.717, 1.165) is 18.5 Å². The van der Waals surface area contributed by atoms with Gasteiger partial charge in [-0.3, -0.25) is 0 Å². The van der Waals surface area contributed by atoms with Crippen LogP contribution >= 0.6 is 0 Å². The van der Waals surface area contributed by atoms with Gasteiger partial charge in [0.25, 0.3) is 0 Å². The summed E-state index contributed by atoms with van der Waals surface area (Å²) in [6, 6.07) is 6.94. The fourth-order valence-corrected chi connectivity index (χ4v) is 3.13. The lowest BCUT2D eigenvalue weighted by molar-refractivity contribution is -0.00788. The number of hydrogen-bond donors (Lipinski definition) is 2. The van der Waals surface area contributed by atoms with Crippen LogP contribution in [0.4, 0.5) is 10.5 Å². The fraction of sp³-hybridized carbons (Fsp3) is 0.579. The molecule has 138 valence electrons. The third-order valence-electron chi connectivity index (χ3n) is 4.29. The Balaban J connectivity index is 1.99. The molecule has 2 N–H and O–H groups in total. The number of nitrogens with one attached hydrogen (secondary N) is 1. The van der Waals surface area contributed by atoms with Gasteiger partial charge in [-0.15, -0.1) is 0 Å². The molecule has 1 aromatic rings. The Kier molecular flexibility index (Phi) is 5.30. The van der Waals surface area contributed by atoms with Crippen LogP contribution in [0.25, 0.3) is 0 Å². The number of carbonyl (C=O) groups is 2. The first-order valence-corrected chi connectivity index (χ1v) is 8.58. The number of benzene rings is 1. The van der Waals surface area contributed by atoms with Gasteiger partial charge in [-0.05, 0) is 71.7 Å². The van der Waals surface area contributed by atoms with Crippen molar-refractivity contribution in [1.82, 2.24) is 4.90 Å². The molecule has 1 aliphatic heterocycles. The number of aromatic carboxylic acids is 1. The highest BCUT2D eigenvalue weighted by Gasteiger charge is 2.39. The molecule has 1 heterocycles. The van der Waals surface area contributed by atoms with Crippen molar-refractivity contribution in [1.29, 1.82) is 0 Å². The average Bonchev–Trinajstić information content (AvgIpc) is 2.44. The topological polar surface area (TPSA) is 78.9 Å². The lowest BCUT2D eigenvalue weighted by atomic mass is 9.87. The number of anilines is 1. The molecule has 1 saturated heterocycles. The van der Waals surface area contributed by atoms with Gasteiger partial charge in [0.15, 0.2) is 0 Å². The van der Waals surface area contributed by atoms with Crippen molar-refractivity contribution in [2.75, 3.05) is 11.9 Å². The van der Waals surface area contributed by atoms with Crippen LogP contribution in [0.5, 0.6) is 0 Å². The summed E-state index contributed by atoms with van der Waals surface area (Å²) >= 11 is 0. The molecule has 0 bridgehead atoms. The minimum atomic E-state index is -0.932. The van der Waals surface area contributed by atoms with Gasteiger partial charge in [0, 0.05) is 23.8 Å². The summed E-state index contributed by atoms with van der Waals surface area (Å²) in [7, 11) is 0. The molecule has 1 amide bonds. The third-order valence-corrected chi connectivity index (χ3v) is 4.29. The van der Waals surface area contributed by atoms with Gasteiger partial charge in [-0.1, -0.05) is 0 Å². The SMILES string of the molecule is CC(C)(C)OC(=O)N1CCC(Nc2ccc(C(=O)O)cc2)CC1(C)C. The van der Waals surface area contributed by atoms with Gasteiger partial charge in [0.1, 0.15) is 5.60 Å². The second kappa shape index (κ2) is 6.94. The summed E-state index contributed by atoms with van der Waals surface area (Å²) in [6.07, 6.45) is 1.32. The molecule has 0 saturated carbocycles. The molecule has 1 fully saturated rings. The molecule has 6 nitrogen and oxygen atoms in total. The van der Waals surface area contributed by atoms with Crippen LogP contribution in [0.15, 0.2) is 24.3 Å². The van der Waals surface area contributed by atoms with Crippen LogP contribution in [-0.4, -0.2) is 45.8 Å². The van der Waals surface area contributed by atoms with Crippen molar-refractivity contribution >= 4 is 17.7 Å².